The zero-order chi connectivity index (χ0) is 11.8. The van der Waals surface area contributed by atoms with Crippen LogP contribution in [0.2, 0.25) is 0 Å². The van der Waals surface area contributed by atoms with E-state index >= 15 is 0 Å². The van der Waals surface area contributed by atoms with Crippen molar-refractivity contribution in [3.8, 4) is 0 Å². The van der Waals surface area contributed by atoms with Crippen LogP contribution in [0.15, 0.2) is 4.99 Å². The first-order chi connectivity index (χ1) is 7.76. The highest BCUT2D eigenvalue weighted by atomic mass is 16.3. The SMILES string of the molecule is CCC(CCO)CN=C(N)NC1CCCC1. The molecular weight excluding hydrogens is 202 g/mol. The molecule has 0 aromatic heterocycles. The molecule has 1 rings (SSSR count). The Balaban J connectivity index is 2.25. The molecule has 4 N–H and O–H groups in total. The van der Waals surface area contributed by atoms with Crippen molar-refractivity contribution in [2.75, 3.05) is 13.2 Å². The maximum absolute atomic E-state index is 8.87. The number of aliphatic hydroxyl groups excluding tert-OH is 1. The molecule has 1 saturated carbocycles. The fraction of sp³-hybridized carbons (Fsp3) is 0.917. The van der Waals surface area contributed by atoms with E-state index in [0.717, 1.165) is 19.4 Å². The predicted octanol–water partition coefficient (Wildman–Crippen LogP) is 1.24. The second kappa shape index (κ2) is 7.49. The Hall–Kier alpha value is -0.770. The van der Waals surface area contributed by atoms with E-state index in [1.165, 1.54) is 25.7 Å². The van der Waals surface area contributed by atoms with Crippen molar-refractivity contribution in [1.29, 1.82) is 0 Å². The molecule has 0 radical (unpaired) electrons. The van der Waals surface area contributed by atoms with Crippen molar-refractivity contribution >= 4 is 5.96 Å². The molecule has 0 heterocycles. The Bertz CT molecular complexity index is 212. The first kappa shape index (κ1) is 13.3. The molecule has 4 nitrogen and oxygen atoms in total. The fourth-order valence-corrected chi connectivity index (χ4v) is 2.16. The Labute approximate surface area is 98.3 Å². The Morgan fingerprint density at radius 3 is 2.75 bits per heavy atom. The van der Waals surface area contributed by atoms with Gasteiger partial charge < -0.3 is 16.2 Å². The molecule has 1 unspecified atom stereocenters. The van der Waals surface area contributed by atoms with Crippen LogP contribution in [0, 0.1) is 5.92 Å². The van der Waals surface area contributed by atoms with Gasteiger partial charge in [-0.1, -0.05) is 26.2 Å². The molecule has 1 atom stereocenters. The molecule has 94 valence electrons. The third-order valence-corrected chi connectivity index (χ3v) is 3.34. The lowest BCUT2D eigenvalue weighted by molar-refractivity contribution is 0.256. The Kier molecular flexibility index (Phi) is 6.23. The van der Waals surface area contributed by atoms with Gasteiger partial charge in [0.25, 0.3) is 0 Å². The van der Waals surface area contributed by atoms with Crippen LogP contribution in [0.1, 0.15) is 45.4 Å². The van der Waals surface area contributed by atoms with Gasteiger partial charge in [-0.25, -0.2) is 0 Å². The van der Waals surface area contributed by atoms with Gasteiger partial charge in [-0.3, -0.25) is 4.99 Å². The summed E-state index contributed by atoms with van der Waals surface area (Å²) in [5.41, 5.74) is 5.83. The summed E-state index contributed by atoms with van der Waals surface area (Å²) >= 11 is 0. The van der Waals surface area contributed by atoms with Crippen molar-refractivity contribution in [2.45, 2.75) is 51.5 Å². The number of hydrogen-bond donors (Lipinski definition) is 3. The highest BCUT2D eigenvalue weighted by Gasteiger charge is 2.14. The van der Waals surface area contributed by atoms with E-state index < -0.39 is 0 Å². The maximum atomic E-state index is 8.87. The van der Waals surface area contributed by atoms with E-state index in [0.29, 0.717) is 17.9 Å². The van der Waals surface area contributed by atoms with Gasteiger partial charge >= 0.3 is 0 Å². The highest BCUT2D eigenvalue weighted by molar-refractivity contribution is 5.78. The number of nitrogens with zero attached hydrogens (tertiary/aromatic N) is 1. The first-order valence-electron chi connectivity index (χ1n) is 6.43. The standard InChI is InChI=1S/C12H25N3O/c1-2-10(7-8-16)9-14-12(13)15-11-5-3-4-6-11/h10-11,16H,2-9H2,1H3,(H3,13,14,15). The van der Waals surface area contributed by atoms with E-state index in [9.17, 15) is 0 Å². The summed E-state index contributed by atoms with van der Waals surface area (Å²) in [5.74, 6) is 1.03. The van der Waals surface area contributed by atoms with E-state index in [1.807, 2.05) is 0 Å². The summed E-state index contributed by atoms with van der Waals surface area (Å²) in [7, 11) is 0. The number of aliphatic imine (C=N–C) groups is 1. The van der Waals surface area contributed by atoms with Gasteiger partial charge in [-0.15, -0.1) is 0 Å². The summed E-state index contributed by atoms with van der Waals surface area (Å²) in [6.07, 6.45) is 6.88. The van der Waals surface area contributed by atoms with Gasteiger partial charge in [0.2, 0.25) is 0 Å². The average molecular weight is 227 g/mol. The molecule has 0 aromatic rings. The van der Waals surface area contributed by atoms with Crippen LogP contribution in [-0.2, 0) is 0 Å². The van der Waals surface area contributed by atoms with E-state index in [1.54, 1.807) is 0 Å². The minimum Gasteiger partial charge on any atom is -0.396 e. The van der Waals surface area contributed by atoms with Crippen molar-refractivity contribution in [2.24, 2.45) is 16.6 Å². The second-order valence-electron chi connectivity index (χ2n) is 4.64. The van der Waals surface area contributed by atoms with Gasteiger partial charge in [0.1, 0.15) is 0 Å². The van der Waals surface area contributed by atoms with Crippen LogP contribution in [-0.4, -0.2) is 30.3 Å². The molecule has 16 heavy (non-hydrogen) atoms. The van der Waals surface area contributed by atoms with Crippen LogP contribution in [0.3, 0.4) is 0 Å². The van der Waals surface area contributed by atoms with Gasteiger partial charge in [0.05, 0.1) is 0 Å². The van der Waals surface area contributed by atoms with Crippen molar-refractivity contribution in [1.82, 2.24) is 5.32 Å². The smallest absolute Gasteiger partial charge is 0.188 e. The Morgan fingerprint density at radius 1 is 1.50 bits per heavy atom. The number of rotatable bonds is 6. The summed E-state index contributed by atoms with van der Waals surface area (Å²) in [6, 6.07) is 0.529. The van der Waals surface area contributed by atoms with Crippen LogP contribution < -0.4 is 11.1 Å². The molecule has 1 aliphatic carbocycles. The molecule has 0 bridgehead atoms. The van der Waals surface area contributed by atoms with E-state index in [2.05, 4.69) is 17.2 Å². The molecule has 0 amide bonds. The Morgan fingerprint density at radius 2 is 2.19 bits per heavy atom. The van der Waals surface area contributed by atoms with Gasteiger partial charge in [0.15, 0.2) is 5.96 Å². The lowest BCUT2D eigenvalue weighted by atomic mass is 10.0. The summed E-state index contributed by atoms with van der Waals surface area (Å²) in [4.78, 5) is 4.35. The van der Waals surface area contributed by atoms with Crippen LogP contribution in [0.4, 0.5) is 0 Å². The molecule has 1 aliphatic rings. The highest BCUT2D eigenvalue weighted by Crippen LogP contribution is 2.17. The van der Waals surface area contributed by atoms with Crippen molar-refractivity contribution in [3.63, 3.8) is 0 Å². The molecule has 0 saturated heterocycles. The first-order valence-corrected chi connectivity index (χ1v) is 6.43. The number of aliphatic hydroxyl groups is 1. The minimum absolute atomic E-state index is 0.240. The third kappa shape index (κ3) is 4.84. The van der Waals surface area contributed by atoms with Gasteiger partial charge in [0, 0.05) is 19.2 Å². The largest absolute Gasteiger partial charge is 0.396 e. The zero-order valence-electron chi connectivity index (χ0n) is 10.3. The second-order valence-corrected chi connectivity index (χ2v) is 4.64. The van der Waals surface area contributed by atoms with E-state index in [4.69, 9.17) is 10.8 Å². The number of nitrogens with two attached hydrogens (primary N) is 1. The predicted molar refractivity (Wildman–Crippen MR) is 67.4 cm³/mol. The topological polar surface area (TPSA) is 70.6 Å². The lowest BCUT2D eigenvalue weighted by Crippen LogP contribution is -2.38. The van der Waals surface area contributed by atoms with Crippen molar-refractivity contribution < 1.29 is 5.11 Å². The van der Waals surface area contributed by atoms with Crippen LogP contribution in [0.25, 0.3) is 0 Å². The molecule has 0 aromatic carbocycles. The summed E-state index contributed by atoms with van der Waals surface area (Å²) in [6.45, 7) is 3.09. The summed E-state index contributed by atoms with van der Waals surface area (Å²) in [5, 5.41) is 12.1. The van der Waals surface area contributed by atoms with Gasteiger partial charge in [-0.2, -0.15) is 0 Å². The quantitative estimate of drug-likeness (QED) is 0.472. The van der Waals surface area contributed by atoms with Crippen molar-refractivity contribution in [3.05, 3.63) is 0 Å². The van der Waals surface area contributed by atoms with E-state index in [-0.39, 0.29) is 6.61 Å². The lowest BCUT2D eigenvalue weighted by Gasteiger charge is -2.14. The minimum atomic E-state index is 0.240. The molecule has 0 spiro atoms. The summed E-state index contributed by atoms with van der Waals surface area (Å²) < 4.78 is 0. The molecule has 4 heteroatoms. The number of nitrogens with one attached hydrogen (secondary N) is 1. The normalized spacial score (nSPS) is 20.0. The van der Waals surface area contributed by atoms with Crippen LogP contribution >= 0.6 is 0 Å². The average Bonchev–Trinajstić information content (AvgIpc) is 2.76. The van der Waals surface area contributed by atoms with Gasteiger partial charge in [-0.05, 0) is 25.2 Å². The maximum Gasteiger partial charge on any atom is 0.188 e. The number of guanidine groups is 1. The monoisotopic (exact) mass is 227 g/mol. The molecular formula is C12H25N3O. The number of hydrogen-bond acceptors (Lipinski definition) is 2. The molecule has 0 aliphatic heterocycles. The third-order valence-electron chi connectivity index (χ3n) is 3.34. The van der Waals surface area contributed by atoms with Crippen LogP contribution in [0.5, 0.6) is 0 Å². The fourth-order valence-electron chi connectivity index (χ4n) is 2.16. The zero-order valence-corrected chi connectivity index (χ0v) is 10.3. The molecule has 1 fully saturated rings.